The Balaban J connectivity index is 1.85. The monoisotopic (exact) mass is 442 g/mol. The Morgan fingerprint density at radius 3 is 2.68 bits per heavy atom. The standard InChI is InChI=1S/C24H30N2O4S/c1-4-5-6-7-12-22(27)25-19-11-9-8-10-18(19)24-26(23(28)16-31-24)20-14-13-17(29-2)15-21(20)30-3/h8-11,13-15,24H,4-7,12,16H2,1-3H3,(H,25,27). The van der Waals surface area contributed by atoms with Crippen molar-refractivity contribution in [2.75, 3.05) is 30.2 Å². The van der Waals surface area contributed by atoms with Gasteiger partial charge in [-0.2, -0.15) is 0 Å². The van der Waals surface area contributed by atoms with Crippen LogP contribution in [0.25, 0.3) is 0 Å². The second-order valence-corrected chi connectivity index (χ2v) is 8.48. The summed E-state index contributed by atoms with van der Waals surface area (Å²) in [6.07, 6.45) is 4.73. The number of nitrogens with one attached hydrogen (secondary N) is 1. The van der Waals surface area contributed by atoms with Gasteiger partial charge in [-0.1, -0.05) is 44.4 Å². The molecular weight excluding hydrogens is 412 g/mol. The number of para-hydroxylation sites is 1. The summed E-state index contributed by atoms with van der Waals surface area (Å²) in [7, 11) is 3.17. The van der Waals surface area contributed by atoms with Gasteiger partial charge in [0.1, 0.15) is 16.9 Å². The van der Waals surface area contributed by atoms with Gasteiger partial charge in [0.05, 0.1) is 25.7 Å². The molecule has 0 aliphatic carbocycles. The molecule has 31 heavy (non-hydrogen) atoms. The number of methoxy groups -OCH3 is 2. The number of ether oxygens (including phenoxy) is 2. The molecule has 0 spiro atoms. The van der Waals surface area contributed by atoms with E-state index >= 15 is 0 Å². The molecule has 0 radical (unpaired) electrons. The molecule has 2 amide bonds. The third-order valence-corrected chi connectivity index (χ3v) is 6.47. The topological polar surface area (TPSA) is 67.9 Å². The second-order valence-electron chi connectivity index (χ2n) is 7.41. The Morgan fingerprint density at radius 1 is 1.13 bits per heavy atom. The number of carbonyl (C=O) groups is 2. The summed E-state index contributed by atoms with van der Waals surface area (Å²) in [6, 6.07) is 13.1. The van der Waals surface area contributed by atoms with E-state index in [0.29, 0.717) is 29.4 Å². The number of carbonyl (C=O) groups excluding carboxylic acids is 2. The lowest BCUT2D eigenvalue weighted by Gasteiger charge is -2.27. The SMILES string of the molecule is CCCCCCC(=O)Nc1ccccc1C1SCC(=O)N1c1ccc(OC)cc1OC. The van der Waals surface area contributed by atoms with E-state index in [4.69, 9.17) is 9.47 Å². The minimum absolute atomic E-state index is 0.000776. The molecule has 166 valence electrons. The van der Waals surface area contributed by atoms with Gasteiger partial charge >= 0.3 is 0 Å². The number of amides is 2. The number of unbranched alkanes of at least 4 members (excludes halogenated alkanes) is 3. The molecule has 2 aromatic rings. The van der Waals surface area contributed by atoms with E-state index in [9.17, 15) is 9.59 Å². The van der Waals surface area contributed by atoms with E-state index in [0.717, 1.165) is 36.9 Å². The first-order valence-electron chi connectivity index (χ1n) is 10.6. The molecule has 0 bridgehead atoms. The van der Waals surface area contributed by atoms with E-state index in [1.807, 2.05) is 36.4 Å². The van der Waals surface area contributed by atoms with Gasteiger partial charge in [-0.15, -0.1) is 11.8 Å². The van der Waals surface area contributed by atoms with Gasteiger partial charge in [0, 0.05) is 23.7 Å². The van der Waals surface area contributed by atoms with Crippen molar-refractivity contribution < 1.29 is 19.1 Å². The maximum Gasteiger partial charge on any atom is 0.238 e. The second kappa shape index (κ2) is 11.1. The number of hydrogen-bond acceptors (Lipinski definition) is 5. The predicted octanol–water partition coefficient (Wildman–Crippen LogP) is 5.39. The summed E-state index contributed by atoms with van der Waals surface area (Å²) >= 11 is 1.54. The molecule has 1 N–H and O–H groups in total. The highest BCUT2D eigenvalue weighted by Gasteiger charge is 2.37. The van der Waals surface area contributed by atoms with Crippen molar-refractivity contribution in [1.82, 2.24) is 0 Å². The Hall–Kier alpha value is -2.67. The summed E-state index contributed by atoms with van der Waals surface area (Å²) in [5, 5.41) is 2.80. The van der Waals surface area contributed by atoms with Crippen LogP contribution in [0.5, 0.6) is 11.5 Å². The van der Waals surface area contributed by atoms with Crippen LogP contribution in [-0.4, -0.2) is 31.8 Å². The van der Waals surface area contributed by atoms with Crippen molar-refractivity contribution in [2.24, 2.45) is 0 Å². The molecule has 0 aromatic heterocycles. The lowest BCUT2D eigenvalue weighted by molar-refractivity contribution is -0.116. The number of rotatable bonds is 10. The molecule has 1 fully saturated rings. The summed E-state index contributed by atoms with van der Waals surface area (Å²) in [5.74, 6) is 1.59. The molecule has 1 saturated heterocycles. The zero-order chi connectivity index (χ0) is 22.2. The maximum absolute atomic E-state index is 12.8. The maximum atomic E-state index is 12.8. The van der Waals surface area contributed by atoms with Crippen LogP contribution < -0.4 is 19.7 Å². The van der Waals surface area contributed by atoms with Crippen LogP contribution in [0.4, 0.5) is 11.4 Å². The van der Waals surface area contributed by atoms with E-state index in [1.165, 1.54) is 11.8 Å². The Morgan fingerprint density at radius 2 is 1.94 bits per heavy atom. The van der Waals surface area contributed by atoms with Crippen molar-refractivity contribution in [3.05, 3.63) is 48.0 Å². The Kier molecular flexibility index (Phi) is 8.23. The van der Waals surface area contributed by atoms with Gasteiger partial charge < -0.3 is 14.8 Å². The normalized spacial score (nSPS) is 15.8. The van der Waals surface area contributed by atoms with Crippen LogP contribution in [0.15, 0.2) is 42.5 Å². The van der Waals surface area contributed by atoms with Gasteiger partial charge in [-0.3, -0.25) is 14.5 Å². The van der Waals surface area contributed by atoms with E-state index in [1.54, 1.807) is 25.2 Å². The van der Waals surface area contributed by atoms with Crippen molar-refractivity contribution in [2.45, 2.75) is 44.4 Å². The molecule has 6 nitrogen and oxygen atoms in total. The first-order valence-corrected chi connectivity index (χ1v) is 11.7. The molecule has 1 atom stereocenters. The number of anilines is 2. The first-order chi connectivity index (χ1) is 15.1. The predicted molar refractivity (Wildman–Crippen MR) is 126 cm³/mol. The molecule has 2 aromatic carbocycles. The van der Waals surface area contributed by atoms with Gasteiger partial charge in [0.15, 0.2) is 0 Å². The van der Waals surface area contributed by atoms with Crippen molar-refractivity contribution >= 4 is 35.0 Å². The molecule has 7 heteroatoms. The van der Waals surface area contributed by atoms with Crippen LogP contribution in [0, 0.1) is 0 Å². The minimum Gasteiger partial charge on any atom is -0.497 e. The summed E-state index contributed by atoms with van der Waals surface area (Å²) in [5.41, 5.74) is 2.33. The van der Waals surface area contributed by atoms with Crippen LogP contribution in [-0.2, 0) is 9.59 Å². The van der Waals surface area contributed by atoms with Crippen molar-refractivity contribution in [1.29, 1.82) is 0 Å². The number of thioether (sulfide) groups is 1. The number of benzene rings is 2. The number of hydrogen-bond donors (Lipinski definition) is 1. The lowest BCUT2D eigenvalue weighted by Crippen LogP contribution is -2.29. The Labute approximate surface area is 188 Å². The fourth-order valence-electron chi connectivity index (χ4n) is 3.65. The van der Waals surface area contributed by atoms with Crippen LogP contribution in [0.3, 0.4) is 0 Å². The highest BCUT2D eigenvalue weighted by Crippen LogP contribution is 2.47. The first kappa shape index (κ1) is 23.0. The molecule has 3 rings (SSSR count). The minimum atomic E-state index is -0.258. The third kappa shape index (κ3) is 5.53. The quantitative estimate of drug-likeness (QED) is 0.500. The fourth-order valence-corrected chi connectivity index (χ4v) is 4.85. The summed E-state index contributed by atoms with van der Waals surface area (Å²) in [4.78, 5) is 27.1. The van der Waals surface area contributed by atoms with Gasteiger partial charge in [-0.25, -0.2) is 0 Å². The number of nitrogens with zero attached hydrogens (tertiary/aromatic N) is 1. The van der Waals surface area contributed by atoms with E-state index in [-0.39, 0.29) is 17.2 Å². The van der Waals surface area contributed by atoms with Gasteiger partial charge in [0.2, 0.25) is 11.8 Å². The van der Waals surface area contributed by atoms with E-state index in [2.05, 4.69) is 12.2 Å². The van der Waals surface area contributed by atoms with E-state index < -0.39 is 0 Å². The highest BCUT2D eigenvalue weighted by atomic mass is 32.2. The summed E-state index contributed by atoms with van der Waals surface area (Å²) < 4.78 is 10.8. The average molecular weight is 443 g/mol. The molecule has 1 unspecified atom stereocenters. The third-order valence-electron chi connectivity index (χ3n) is 5.27. The fraction of sp³-hybridized carbons (Fsp3) is 0.417. The van der Waals surface area contributed by atoms with Gasteiger partial charge in [0.25, 0.3) is 0 Å². The zero-order valence-corrected chi connectivity index (χ0v) is 19.2. The zero-order valence-electron chi connectivity index (χ0n) is 18.3. The average Bonchev–Trinajstić information content (AvgIpc) is 3.17. The molecule has 0 saturated carbocycles. The smallest absolute Gasteiger partial charge is 0.238 e. The lowest BCUT2D eigenvalue weighted by atomic mass is 10.1. The molecular formula is C24H30N2O4S. The molecule has 1 aliphatic rings. The summed E-state index contributed by atoms with van der Waals surface area (Å²) in [6.45, 7) is 2.15. The van der Waals surface area contributed by atoms with Gasteiger partial charge in [-0.05, 0) is 24.6 Å². The van der Waals surface area contributed by atoms with Crippen LogP contribution in [0.1, 0.15) is 50.0 Å². The van der Waals surface area contributed by atoms with Crippen LogP contribution in [0.2, 0.25) is 0 Å². The highest BCUT2D eigenvalue weighted by molar-refractivity contribution is 8.00. The largest absolute Gasteiger partial charge is 0.497 e. The van der Waals surface area contributed by atoms with Crippen molar-refractivity contribution in [3.63, 3.8) is 0 Å². The molecule has 1 heterocycles. The van der Waals surface area contributed by atoms with Crippen LogP contribution >= 0.6 is 11.8 Å². The Bertz CT molecular complexity index is 918. The molecule has 1 aliphatic heterocycles. The van der Waals surface area contributed by atoms with Crippen molar-refractivity contribution in [3.8, 4) is 11.5 Å².